The van der Waals surface area contributed by atoms with Crippen LogP contribution >= 0.6 is 0 Å². The number of carbonyl (C=O) groups excluding carboxylic acids is 1. The van der Waals surface area contributed by atoms with Crippen molar-refractivity contribution in [3.8, 4) is 5.69 Å². The third kappa shape index (κ3) is 2.39. The molecule has 0 saturated heterocycles. The molecule has 1 aliphatic rings. The molecular formula is C15H17N3O2. The van der Waals surface area contributed by atoms with Crippen molar-refractivity contribution in [2.75, 3.05) is 12.3 Å². The number of benzene rings is 1. The molecule has 2 aromatic rings. The topological polar surface area (TPSA) is 70.1 Å². The van der Waals surface area contributed by atoms with Crippen LogP contribution in [0.1, 0.15) is 41.7 Å². The van der Waals surface area contributed by atoms with Crippen molar-refractivity contribution in [3.63, 3.8) is 0 Å². The summed E-state index contributed by atoms with van der Waals surface area (Å²) in [5.74, 6) is 0.251. The molecule has 0 amide bonds. The molecule has 104 valence electrons. The normalized spacial score (nSPS) is 14.2. The van der Waals surface area contributed by atoms with E-state index in [-0.39, 0.29) is 5.97 Å². The zero-order valence-corrected chi connectivity index (χ0v) is 11.4. The fourth-order valence-corrected chi connectivity index (χ4v) is 2.17. The summed E-state index contributed by atoms with van der Waals surface area (Å²) in [5, 5.41) is 4.53. The maximum atomic E-state index is 11.6. The molecule has 1 saturated carbocycles. The number of carbonyl (C=O) groups is 1. The highest BCUT2D eigenvalue weighted by molar-refractivity contribution is 5.91. The SMILES string of the molecule is CCOC(=O)c1ccc(-n2ccc(C3CC3)n2)c(N)c1. The Morgan fingerprint density at radius 3 is 2.90 bits per heavy atom. The van der Waals surface area contributed by atoms with Gasteiger partial charge in [-0.15, -0.1) is 0 Å². The third-order valence-corrected chi connectivity index (χ3v) is 3.39. The Balaban J connectivity index is 1.87. The fourth-order valence-electron chi connectivity index (χ4n) is 2.17. The first kappa shape index (κ1) is 12.7. The largest absolute Gasteiger partial charge is 0.462 e. The first-order valence-electron chi connectivity index (χ1n) is 6.81. The molecule has 1 aromatic carbocycles. The molecule has 0 spiro atoms. The van der Waals surface area contributed by atoms with Gasteiger partial charge in [0.1, 0.15) is 0 Å². The van der Waals surface area contributed by atoms with Crippen molar-refractivity contribution in [1.29, 1.82) is 0 Å². The standard InChI is InChI=1S/C15H17N3O2/c1-2-20-15(19)11-5-6-14(12(16)9-11)18-8-7-13(17-18)10-3-4-10/h5-10H,2-4,16H2,1H3. The van der Waals surface area contributed by atoms with E-state index in [1.165, 1.54) is 12.8 Å². The van der Waals surface area contributed by atoms with Crippen LogP contribution in [0.4, 0.5) is 5.69 Å². The Kier molecular flexibility index (Phi) is 3.18. The summed E-state index contributed by atoms with van der Waals surface area (Å²) >= 11 is 0. The summed E-state index contributed by atoms with van der Waals surface area (Å²) in [6.45, 7) is 2.13. The molecule has 5 nitrogen and oxygen atoms in total. The van der Waals surface area contributed by atoms with E-state index in [9.17, 15) is 4.79 Å². The Bertz CT molecular complexity index is 644. The van der Waals surface area contributed by atoms with Gasteiger partial charge in [0.2, 0.25) is 0 Å². The highest BCUT2D eigenvalue weighted by Gasteiger charge is 2.26. The second-order valence-electron chi connectivity index (χ2n) is 4.95. The summed E-state index contributed by atoms with van der Waals surface area (Å²) in [6, 6.07) is 7.16. The van der Waals surface area contributed by atoms with Gasteiger partial charge in [-0.25, -0.2) is 9.48 Å². The average molecular weight is 271 g/mol. The molecule has 2 N–H and O–H groups in total. The zero-order chi connectivity index (χ0) is 14.1. The van der Waals surface area contributed by atoms with E-state index in [1.54, 1.807) is 29.8 Å². The fraction of sp³-hybridized carbons (Fsp3) is 0.333. The molecule has 1 aliphatic carbocycles. The number of nitrogens with zero attached hydrogens (tertiary/aromatic N) is 2. The van der Waals surface area contributed by atoms with Crippen LogP contribution in [0.3, 0.4) is 0 Å². The van der Waals surface area contributed by atoms with Crippen molar-refractivity contribution in [3.05, 3.63) is 41.7 Å². The van der Waals surface area contributed by atoms with Crippen molar-refractivity contribution in [2.45, 2.75) is 25.7 Å². The average Bonchev–Trinajstić information content (AvgIpc) is 3.17. The maximum absolute atomic E-state index is 11.6. The van der Waals surface area contributed by atoms with Crippen molar-refractivity contribution < 1.29 is 9.53 Å². The minimum Gasteiger partial charge on any atom is -0.462 e. The maximum Gasteiger partial charge on any atom is 0.338 e. The van der Waals surface area contributed by atoms with E-state index < -0.39 is 0 Å². The lowest BCUT2D eigenvalue weighted by molar-refractivity contribution is 0.0526. The molecule has 0 atom stereocenters. The lowest BCUT2D eigenvalue weighted by atomic mass is 10.2. The first-order chi connectivity index (χ1) is 9.69. The molecule has 0 aliphatic heterocycles. The third-order valence-electron chi connectivity index (χ3n) is 3.39. The first-order valence-corrected chi connectivity index (χ1v) is 6.81. The lowest BCUT2D eigenvalue weighted by Gasteiger charge is -2.08. The highest BCUT2D eigenvalue weighted by atomic mass is 16.5. The number of nitrogens with two attached hydrogens (primary N) is 1. The van der Waals surface area contributed by atoms with E-state index in [4.69, 9.17) is 10.5 Å². The molecule has 0 bridgehead atoms. The number of anilines is 1. The number of hydrogen-bond donors (Lipinski definition) is 1. The molecule has 1 aromatic heterocycles. The van der Waals surface area contributed by atoms with Gasteiger partial charge >= 0.3 is 5.97 Å². The monoisotopic (exact) mass is 271 g/mol. The van der Waals surface area contributed by atoms with Crippen LogP contribution in [0.25, 0.3) is 5.69 Å². The van der Waals surface area contributed by atoms with E-state index in [0.29, 0.717) is 23.8 Å². The second-order valence-corrected chi connectivity index (χ2v) is 4.95. The highest BCUT2D eigenvalue weighted by Crippen LogP contribution is 2.39. The van der Waals surface area contributed by atoms with E-state index >= 15 is 0 Å². The summed E-state index contributed by atoms with van der Waals surface area (Å²) < 4.78 is 6.72. The zero-order valence-electron chi connectivity index (χ0n) is 11.4. The summed E-state index contributed by atoms with van der Waals surface area (Å²) in [5.41, 5.74) is 8.89. The van der Waals surface area contributed by atoms with Gasteiger partial charge in [0.25, 0.3) is 0 Å². The smallest absolute Gasteiger partial charge is 0.338 e. The molecule has 1 fully saturated rings. The van der Waals surface area contributed by atoms with Crippen LogP contribution in [0.5, 0.6) is 0 Å². The number of rotatable bonds is 4. The van der Waals surface area contributed by atoms with E-state index in [2.05, 4.69) is 5.10 Å². The molecule has 0 radical (unpaired) electrons. The van der Waals surface area contributed by atoms with E-state index in [0.717, 1.165) is 11.4 Å². The molecule has 0 unspecified atom stereocenters. The number of aromatic nitrogens is 2. The predicted octanol–water partition coefficient (Wildman–Crippen LogP) is 2.51. The molecular weight excluding hydrogens is 254 g/mol. The van der Waals surface area contributed by atoms with Gasteiger partial charge in [0.05, 0.1) is 29.2 Å². The van der Waals surface area contributed by atoms with Gasteiger partial charge in [-0.2, -0.15) is 5.10 Å². The van der Waals surface area contributed by atoms with E-state index in [1.807, 2.05) is 12.3 Å². The molecule has 20 heavy (non-hydrogen) atoms. The van der Waals surface area contributed by atoms with Gasteiger partial charge in [0.15, 0.2) is 0 Å². The quantitative estimate of drug-likeness (QED) is 0.685. The van der Waals surface area contributed by atoms with Crippen LogP contribution in [-0.2, 0) is 4.74 Å². The minimum atomic E-state index is -0.357. The number of ether oxygens (including phenoxy) is 1. The molecule has 5 heteroatoms. The Hall–Kier alpha value is -2.30. The van der Waals surface area contributed by atoms with Crippen LogP contribution in [0.15, 0.2) is 30.5 Å². The summed E-state index contributed by atoms with van der Waals surface area (Å²) in [4.78, 5) is 11.6. The molecule has 3 rings (SSSR count). The Morgan fingerprint density at radius 1 is 1.45 bits per heavy atom. The number of esters is 1. The van der Waals surface area contributed by atoms with Gasteiger partial charge in [-0.05, 0) is 44.0 Å². The summed E-state index contributed by atoms with van der Waals surface area (Å²) in [7, 11) is 0. The van der Waals surface area contributed by atoms with Crippen LogP contribution < -0.4 is 5.73 Å². The van der Waals surface area contributed by atoms with Gasteiger partial charge in [-0.1, -0.05) is 0 Å². The van der Waals surface area contributed by atoms with Gasteiger partial charge in [-0.3, -0.25) is 0 Å². The van der Waals surface area contributed by atoms with Crippen LogP contribution in [0, 0.1) is 0 Å². The molecule has 1 heterocycles. The Labute approximate surface area is 117 Å². The second kappa shape index (κ2) is 5.00. The summed E-state index contributed by atoms with van der Waals surface area (Å²) in [6.07, 6.45) is 4.34. The van der Waals surface area contributed by atoms with Crippen molar-refractivity contribution >= 4 is 11.7 Å². The number of hydrogen-bond acceptors (Lipinski definition) is 4. The number of nitrogen functional groups attached to an aromatic ring is 1. The van der Waals surface area contributed by atoms with Crippen LogP contribution in [0.2, 0.25) is 0 Å². The van der Waals surface area contributed by atoms with Crippen molar-refractivity contribution in [1.82, 2.24) is 9.78 Å². The van der Waals surface area contributed by atoms with Crippen molar-refractivity contribution in [2.24, 2.45) is 0 Å². The lowest BCUT2D eigenvalue weighted by Crippen LogP contribution is -2.07. The van der Waals surface area contributed by atoms with Gasteiger partial charge < -0.3 is 10.5 Å². The minimum absolute atomic E-state index is 0.352. The van der Waals surface area contributed by atoms with Crippen LogP contribution in [-0.4, -0.2) is 22.4 Å². The predicted molar refractivity (Wildman–Crippen MR) is 75.9 cm³/mol. The van der Waals surface area contributed by atoms with Gasteiger partial charge in [0, 0.05) is 12.1 Å². The Morgan fingerprint density at radius 2 is 2.25 bits per heavy atom.